The highest BCUT2D eigenvalue weighted by Crippen LogP contribution is 2.32. The van der Waals surface area contributed by atoms with E-state index in [1.807, 2.05) is 27.7 Å². The van der Waals surface area contributed by atoms with Crippen LogP contribution in [-0.4, -0.2) is 24.1 Å². The number of ether oxygens (including phenoxy) is 2. The quantitative estimate of drug-likeness (QED) is 0.726. The van der Waals surface area contributed by atoms with Gasteiger partial charge < -0.3 is 9.47 Å². The zero-order valence-corrected chi connectivity index (χ0v) is 11.8. The molecule has 0 aromatic carbocycles. The first kappa shape index (κ1) is 15.0. The molecule has 0 heterocycles. The highest BCUT2D eigenvalue weighted by atomic mass is 16.6. The van der Waals surface area contributed by atoms with Gasteiger partial charge in [-0.3, -0.25) is 9.59 Å². The van der Waals surface area contributed by atoms with Crippen LogP contribution in [0, 0.1) is 11.8 Å². The molecule has 1 fully saturated rings. The van der Waals surface area contributed by atoms with Gasteiger partial charge in [0.25, 0.3) is 0 Å². The van der Waals surface area contributed by atoms with Crippen molar-refractivity contribution in [2.45, 2.75) is 65.6 Å². The maximum atomic E-state index is 12.0. The number of carbonyl (C=O) groups is 2. The third-order valence-corrected chi connectivity index (χ3v) is 3.08. The fraction of sp³-hybridized carbons (Fsp3) is 0.857. The van der Waals surface area contributed by atoms with Gasteiger partial charge in [0.2, 0.25) is 0 Å². The van der Waals surface area contributed by atoms with Gasteiger partial charge in [-0.05, 0) is 40.5 Å². The molecule has 1 saturated carbocycles. The van der Waals surface area contributed by atoms with Gasteiger partial charge in [0.15, 0.2) is 0 Å². The lowest BCUT2D eigenvalue weighted by atomic mass is 9.79. The first-order valence-corrected chi connectivity index (χ1v) is 6.82. The van der Waals surface area contributed by atoms with E-state index in [4.69, 9.17) is 9.47 Å². The van der Waals surface area contributed by atoms with Gasteiger partial charge in [0.1, 0.15) is 0 Å². The Kier molecular flexibility index (Phi) is 5.63. The molecule has 2 atom stereocenters. The van der Waals surface area contributed by atoms with Crippen molar-refractivity contribution in [1.29, 1.82) is 0 Å². The molecule has 4 nitrogen and oxygen atoms in total. The van der Waals surface area contributed by atoms with Gasteiger partial charge in [-0.15, -0.1) is 0 Å². The number of esters is 2. The molecule has 104 valence electrons. The maximum Gasteiger partial charge on any atom is 0.310 e. The highest BCUT2D eigenvalue weighted by molar-refractivity contribution is 5.82. The summed E-state index contributed by atoms with van der Waals surface area (Å²) >= 11 is 0. The van der Waals surface area contributed by atoms with E-state index < -0.39 is 0 Å². The third kappa shape index (κ3) is 4.31. The molecule has 4 heteroatoms. The Labute approximate surface area is 109 Å². The van der Waals surface area contributed by atoms with Gasteiger partial charge in [0.05, 0.1) is 24.0 Å². The molecule has 0 saturated heterocycles. The van der Waals surface area contributed by atoms with Crippen LogP contribution in [0.1, 0.15) is 53.4 Å². The normalized spacial score (nSPS) is 24.1. The van der Waals surface area contributed by atoms with Crippen molar-refractivity contribution in [2.24, 2.45) is 11.8 Å². The molecule has 0 unspecified atom stereocenters. The number of carbonyl (C=O) groups excluding carboxylic acids is 2. The van der Waals surface area contributed by atoms with E-state index in [0.717, 1.165) is 25.7 Å². The molecule has 0 aliphatic heterocycles. The van der Waals surface area contributed by atoms with E-state index in [1.54, 1.807) is 0 Å². The summed E-state index contributed by atoms with van der Waals surface area (Å²) in [5, 5.41) is 0. The zero-order chi connectivity index (χ0) is 13.7. The van der Waals surface area contributed by atoms with E-state index in [1.165, 1.54) is 0 Å². The summed E-state index contributed by atoms with van der Waals surface area (Å²) in [6, 6.07) is 0. The lowest BCUT2D eigenvalue weighted by Gasteiger charge is -2.29. The Morgan fingerprint density at radius 1 is 0.833 bits per heavy atom. The first-order valence-electron chi connectivity index (χ1n) is 6.82. The van der Waals surface area contributed by atoms with Crippen molar-refractivity contribution in [1.82, 2.24) is 0 Å². The number of hydrogen-bond donors (Lipinski definition) is 0. The minimum Gasteiger partial charge on any atom is -0.463 e. The van der Waals surface area contributed by atoms with Crippen LogP contribution in [-0.2, 0) is 19.1 Å². The fourth-order valence-corrected chi connectivity index (χ4v) is 2.33. The summed E-state index contributed by atoms with van der Waals surface area (Å²) in [5.74, 6) is -1.16. The van der Waals surface area contributed by atoms with Gasteiger partial charge in [-0.1, -0.05) is 12.8 Å². The summed E-state index contributed by atoms with van der Waals surface area (Å²) < 4.78 is 10.5. The van der Waals surface area contributed by atoms with Crippen LogP contribution in [0.3, 0.4) is 0 Å². The molecular weight excluding hydrogens is 232 g/mol. The summed E-state index contributed by atoms with van der Waals surface area (Å²) in [7, 11) is 0. The summed E-state index contributed by atoms with van der Waals surface area (Å²) in [4.78, 5) is 24.0. The predicted molar refractivity (Wildman–Crippen MR) is 67.9 cm³/mol. The zero-order valence-electron chi connectivity index (χ0n) is 11.8. The smallest absolute Gasteiger partial charge is 0.310 e. The van der Waals surface area contributed by atoms with E-state index >= 15 is 0 Å². The molecule has 1 aliphatic rings. The Hall–Kier alpha value is -1.06. The topological polar surface area (TPSA) is 52.6 Å². The minimum atomic E-state index is -0.326. The predicted octanol–water partition coefficient (Wildman–Crippen LogP) is 2.70. The molecule has 1 aliphatic carbocycles. The average Bonchev–Trinajstić information content (AvgIpc) is 2.27. The van der Waals surface area contributed by atoms with Crippen LogP contribution >= 0.6 is 0 Å². The van der Waals surface area contributed by atoms with Gasteiger partial charge in [-0.2, -0.15) is 0 Å². The van der Waals surface area contributed by atoms with Crippen LogP contribution in [0.2, 0.25) is 0 Å². The standard InChI is InChI=1S/C14H24O4/c1-9(2)17-13(15)11-7-5-6-8-12(11)14(16)18-10(3)4/h9-12H,5-8H2,1-4H3/t11-,12-/m1/s1. The molecule has 0 radical (unpaired) electrons. The molecule has 0 spiro atoms. The van der Waals surface area contributed by atoms with Crippen LogP contribution in [0.5, 0.6) is 0 Å². The van der Waals surface area contributed by atoms with E-state index in [-0.39, 0.29) is 36.0 Å². The van der Waals surface area contributed by atoms with E-state index in [9.17, 15) is 9.59 Å². The fourth-order valence-electron chi connectivity index (χ4n) is 2.33. The second-order valence-corrected chi connectivity index (χ2v) is 5.47. The second kappa shape index (κ2) is 6.76. The first-order chi connectivity index (χ1) is 8.41. The molecule has 0 N–H and O–H groups in total. The molecule has 1 rings (SSSR count). The monoisotopic (exact) mass is 256 g/mol. The van der Waals surface area contributed by atoms with Crippen LogP contribution in [0.25, 0.3) is 0 Å². The molecule has 0 aromatic rings. The average molecular weight is 256 g/mol. The molecule has 0 bridgehead atoms. The van der Waals surface area contributed by atoms with Crippen molar-refractivity contribution in [2.75, 3.05) is 0 Å². The molecule has 0 amide bonds. The molecule has 0 aromatic heterocycles. The maximum absolute atomic E-state index is 12.0. The lowest BCUT2D eigenvalue weighted by molar-refractivity contribution is -0.167. The molecule has 18 heavy (non-hydrogen) atoms. The summed E-state index contributed by atoms with van der Waals surface area (Å²) in [5.41, 5.74) is 0. The van der Waals surface area contributed by atoms with Crippen molar-refractivity contribution in [3.63, 3.8) is 0 Å². The van der Waals surface area contributed by atoms with Crippen molar-refractivity contribution in [3.8, 4) is 0 Å². The molecular formula is C14H24O4. The SMILES string of the molecule is CC(C)OC(=O)[C@@H]1CCCC[C@H]1C(=O)OC(C)C. The highest BCUT2D eigenvalue weighted by Gasteiger charge is 2.38. The van der Waals surface area contributed by atoms with Crippen LogP contribution < -0.4 is 0 Å². The van der Waals surface area contributed by atoms with Gasteiger partial charge in [-0.25, -0.2) is 0 Å². The van der Waals surface area contributed by atoms with Gasteiger partial charge >= 0.3 is 11.9 Å². The Morgan fingerprint density at radius 2 is 1.17 bits per heavy atom. The van der Waals surface area contributed by atoms with E-state index in [0.29, 0.717) is 0 Å². The lowest BCUT2D eigenvalue weighted by Crippen LogP contribution is -2.36. The Morgan fingerprint density at radius 3 is 1.44 bits per heavy atom. The Balaban J connectivity index is 2.67. The number of rotatable bonds is 4. The van der Waals surface area contributed by atoms with Crippen molar-refractivity contribution < 1.29 is 19.1 Å². The minimum absolute atomic E-state index is 0.138. The van der Waals surface area contributed by atoms with Crippen molar-refractivity contribution in [3.05, 3.63) is 0 Å². The largest absolute Gasteiger partial charge is 0.463 e. The Bertz CT molecular complexity index is 266. The summed E-state index contributed by atoms with van der Waals surface area (Å²) in [6.45, 7) is 7.29. The van der Waals surface area contributed by atoms with Crippen LogP contribution in [0.15, 0.2) is 0 Å². The van der Waals surface area contributed by atoms with Gasteiger partial charge in [0, 0.05) is 0 Å². The summed E-state index contributed by atoms with van der Waals surface area (Å²) in [6.07, 6.45) is 3.13. The van der Waals surface area contributed by atoms with Crippen molar-refractivity contribution >= 4 is 11.9 Å². The van der Waals surface area contributed by atoms with Crippen LogP contribution in [0.4, 0.5) is 0 Å². The third-order valence-electron chi connectivity index (χ3n) is 3.08. The van der Waals surface area contributed by atoms with E-state index in [2.05, 4.69) is 0 Å². The second-order valence-electron chi connectivity index (χ2n) is 5.47. The number of hydrogen-bond acceptors (Lipinski definition) is 4.